The Morgan fingerprint density at radius 3 is 2.67 bits per heavy atom. The molecule has 1 atom stereocenters. The average Bonchev–Trinajstić information content (AvgIpc) is 3.28. The molecule has 2 N–H and O–H groups in total. The van der Waals surface area contributed by atoms with Gasteiger partial charge in [-0.05, 0) is 48.9 Å². The van der Waals surface area contributed by atoms with Gasteiger partial charge in [-0.15, -0.1) is 0 Å². The molecule has 1 unspecified atom stereocenters. The van der Waals surface area contributed by atoms with Gasteiger partial charge < -0.3 is 10.6 Å². The van der Waals surface area contributed by atoms with Crippen LogP contribution in [-0.4, -0.2) is 30.4 Å². The van der Waals surface area contributed by atoms with E-state index in [1.807, 2.05) is 47.0 Å². The molecule has 5 rings (SSSR count). The lowest BCUT2D eigenvalue weighted by atomic mass is 10.1. The standard InChI is InChI=1S/C25H21N7O/c1-17(18-6-3-2-4-7-18)29-25-27-13-11-23(31-25)32-16-28-21-10-9-20(14-22(21)32)30-24(33)19-8-5-12-26-15-19/h2-17H,1H3,(H,30,33)(H,27,29,31). The van der Waals surface area contributed by atoms with E-state index in [2.05, 4.69) is 49.6 Å². The normalized spacial score (nSPS) is 11.8. The zero-order valence-electron chi connectivity index (χ0n) is 17.9. The van der Waals surface area contributed by atoms with Crippen LogP contribution in [0.5, 0.6) is 0 Å². The summed E-state index contributed by atoms with van der Waals surface area (Å²) in [7, 11) is 0. The SMILES string of the molecule is CC(Nc1nccc(-n2cnc3ccc(NC(=O)c4cccnc4)cc32)n1)c1ccccc1. The number of nitrogens with zero attached hydrogens (tertiary/aromatic N) is 5. The van der Waals surface area contributed by atoms with Crippen LogP contribution in [0.2, 0.25) is 0 Å². The number of nitrogens with one attached hydrogen (secondary N) is 2. The maximum Gasteiger partial charge on any atom is 0.257 e. The molecule has 8 heteroatoms. The molecule has 0 aliphatic carbocycles. The molecule has 0 radical (unpaired) electrons. The largest absolute Gasteiger partial charge is 0.348 e. The summed E-state index contributed by atoms with van der Waals surface area (Å²) in [6.07, 6.45) is 6.59. The highest BCUT2D eigenvalue weighted by molar-refractivity contribution is 6.04. The molecular weight excluding hydrogens is 414 g/mol. The number of carbonyl (C=O) groups excluding carboxylic acids is 1. The van der Waals surface area contributed by atoms with Crippen molar-refractivity contribution >= 4 is 28.6 Å². The molecule has 5 aromatic rings. The smallest absolute Gasteiger partial charge is 0.257 e. The highest BCUT2D eigenvalue weighted by Gasteiger charge is 2.12. The van der Waals surface area contributed by atoms with Crippen molar-refractivity contribution in [3.8, 4) is 5.82 Å². The number of anilines is 2. The zero-order valence-corrected chi connectivity index (χ0v) is 17.9. The quantitative estimate of drug-likeness (QED) is 0.403. The van der Waals surface area contributed by atoms with Gasteiger partial charge in [0.05, 0.1) is 22.6 Å². The van der Waals surface area contributed by atoms with E-state index in [9.17, 15) is 4.79 Å². The third kappa shape index (κ3) is 4.40. The number of hydrogen-bond acceptors (Lipinski definition) is 6. The van der Waals surface area contributed by atoms with E-state index in [1.54, 1.807) is 30.9 Å². The minimum atomic E-state index is -0.225. The second kappa shape index (κ2) is 8.88. The van der Waals surface area contributed by atoms with Crippen molar-refractivity contribution in [2.75, 3.05) is 10.6 Å². The van der Waals surface area contributed by atoms with Crippen molar-refractivity contribution in [3.63, 3.8) is 0 Å². The number of amides is 1. The maximum atomic E-state index is 12.5. The van der Waals surface area contributed by atoms with E-state index in [4.69, 9.17) is 0 Å². The van der Waals surface area contributed by atoms with E-state index in [1.165, 1.54) is 6.20 Å². The van der Waals surface area contributed by atoms with Gasteiger partial charge >= 0.3 is 0 Å². The van der Waals surface area contributed by atoms with Gasteiger partial charge in [0.15, 0.2) is 0 Å². The molecule has 0 aliphatic heterocycles. The van der Waals surface area contributed by atoms with E-state index in [0.717, 1.165) is 16.6 Å². The molecule has 0 fully saturated rings. The van der Waals surface area contributed by atoms with Crippen molar-refractivity contribution in [1.29, 1.82) is 0 Å². The first-order chi connectivity index (χ1) is 16.2. The molecular formula is C25H21N7O. The lowest BCUT2D eigenvalue weighted by Gasteiger charge is -2.14. The van der Waals surface area contributed by atoms with Gasteiger partial charge in [0.25, 0.3) is 5.91 Å². The van der Waals surface area contributed by atoms with Crippen LogP contribution in [0.15, 0.2) is 91.6 Å². The number of hydrogen-bond donors (Lipinski definition) is 2. The Balaban J connectivity index is 1.41. The predicted molar refractivity (Wildman–Crippen MR) is 127 cm³/mol. The van der Waals surface area contributed by atoms with Crippen LogP contribution in [0.3, 0.4) is 0 Å². The summed E-state index contributed by atoms with van der Waals surface area (Å²) in [6, 6.07) is 21.0. The summed E-state index contributed by atoms with van der Waals surface area (Å²) in [5.41, 5.74) is 3.90. The van der Waals surface area contributed by atoms with Crippen molar-refractivity contribution in [1.82, 2.24) is 24.5 Å². The number of carbonyl (C=O) groups is 1. The third-order valence-electron chi connectivity index (χ3n) is 5.26. The molecule has 162 valence electrons. The molecule has 0 aliphatic rings. The van der Waals surface area contributed by atoms with E-state index in [-0.39, 0.29) is 11.9 Å². The van der Waals surface area contributed by atoms with Gasteiger partial charge in [0.1, 0.15) is 12.1 Å². The van der Waals surface area contributed by atoms with Crippen LogP contribution >= 0.6 is 0 Å². The second-order valence-corrected chi connectivity index (χ2v) is 7.53. The first kappa shape index (κ1) is 20.3. The maximum absolute atomic E-state index is 12.5. The van der Waals surface area contributed by atoms with Crippen molar-refractivity contribution in [2.45, 2.75) is 13.0 Å². The number of fused-ring (bicyclic) bond motifs is 1. The Kier molecular flexibility index (Phi) is 5.47. The summed E-state index contributed by atoms with van der Waals surface area (Å²) in [5, 5.41) is 6.25. The van der Waals surface area contributed by atoms with Gasteiger partial charge in [0.2, 0.25) is 5.95 Å². The molecule has 0 bridgehead atoms. The van der Waals surface area contributed by atoms with Crippen LogP contribution < -0.4 is 10.6 Å². The topological polar surface area (TPSA) is 97.6 Å². The van der Waals surface area contributed by atoms with Crippen LogP contribution in [0.25, 0.3) is 16.9 Å². The lowest BCUT2D eigenvalue weighted by molar-refractivity contribution is 0.102. The number of aromatic nitrogens is 5. The average molecular weight is 435 g/mol. The first-order valence-corrected chi connectivity index (χ1v) is 10.5. The fourth-order valence-corrected chi connectivity index (χ4v) is 3.54. The Bertz CT molecular complexity index is 1400. The third-order valence-corrected chi connectivity index (χ3v) is 5.26. The zero-order chi connectivity index (χ0) is 22.6. The summed E-state index contributed by atoms with van der Waals surface area (Å²) >= 11 is 0. The van der Waals surface area contributed by atoms with Gasteiger partial charge in [0, 0.05) is 24.3 Å². The molecule has 33 heavy (non-hydrogen) atoms. The summed E-state index contributed by atoms with van der Waals surface area (Å²) in [6.45, 7) is 2.06. The van der Waals surface area contributed by atoms with E-state index >= 15 is 0 Å². The highest BCUT2D eigenvalue weighted by atomic mass is 16.1. The van der Waals surface area contributed by atoms with Crippen molar-refractivity contribution in [2.24, 2.45) is 0 Å². The van der Waals surface area contributed by atoms with Crippen molar-refractivity contribution in [3.05, 3.63) is 103 Å². The summed E-state index contributed by atoms with van der Waals surface area (Å²) in [4.78, 5) is 30.0. The van der Waals surface area contributed by atoms with Gasteiger partial charge in [-0.2, -0.15) is 4.98 Å². The van der Waals surface area contributed by atoms with Crippen LogP contribution in [0.4, 0.5) is 11.6 Å². The lowest BCUT2D eigenvalue weighted by Crippen LogP contribution is -2.12. The fourth-order valence-electron chi connectivity index (χ4n) is 3.54. The van der Waals surface area contributed by atoms with Crippen LogP contribution in [0.1, 0.15) is 28.9 Å². The second-order valence-electron chi connectivity index (χ2n) is 7.53. The van der Waals surface area contributed by atoms with E-state index < -0.39 is 0 Å². The molecule has 1 amide bonds. The molecule has 3 heterocycles. The Morgan fingerprint density at radius 1 is 0.970 bits per heavy atom. The fraction of sp³-hybridized carbons (Fsp3) is 0.0800. The molecule has 3 aromatic heterocycles. The Morgan fingerprint density at radius 2 is 1.85 bits per heavy atom. The predicted octanol–water partition coefficient (Wildman–Crippen LogP) is 4.64. The monoisotopic (exact) mass is 435 g/mol. The minimum Gasteiger partial charge on any atom is -0.348 e. The molecule has 0 spiro atoms. The summed E-state index contributed by atoms with van der Waals surface area (Å²) < 4.78 is 1.87. The van der Waals surface area contributed by atoms with Crippen molar-refractivity contribution < 1.29 is 4.79 Å². The molecule has 8 nitrogen and oxygen atoms in total. The van der Waals surface area contributed by atoms with Gasteiger partial charge in [-0.25, -0.2) is 9.97 Å². The van der Waals surface area contributed by atoms with E-state index in [0.29, 0.717) is 23.0 Å². The number of rotatable bonds is 6. The number of pyridine rings is 1. The highest BCUT2D eigenvalue weighted by Crippen LogP contribution is 2.23. The van der Waals surface area contributed by atoms with Gasteiger partial charge in [-0.3, -0.25) is 14.3 Å². The summed E-state index contributed by atoms with van der Waals surface area (Å²) in [5.74, 6) is 0.967. The Labute approximate surface area is 190 Å². The molecule has 0 saturated heterocycles. The number of imidazole rings is 1. The van der Waals surface area contributed by atoms with Crippen LogP contribution in [-0.2, 0) is 0 Å². The molecule has 0 saturated carbocycles. The first-order valence-electron chi connectivity index (χ1n) is 10.5. The minimum absolute atomic E-state index is 0.0512. The number of benzene rings is 2. The Hall–Kier alpha value is -4.59. The van der Waals surface area contributed by atoms with Gasteiger partial charge in [-0.1, -0.05) is 30.3 Å². The van der Waals surface area contributed by atoms with Crippen LogP contribution in [0, 0.1) is 0 Å². The molecule has 2 aromatic carbocycles.